The van der Waals surface area contributed by atoms with Gasteiger partial charge in [0.05, 0.1) is 23.0 Å². The minimum absolute atomic E-state index is 0.0664. The molecule has 0 spiro atoms. The Labute approximate surface area is 188 Å². The lowest BCUT2D eigenvalue weighted by Crippen LogP contribution is -2.49. The fourth-order valence-corrected chi connectivity index (χ4v) is 3.52. The number of carbonyl (C=O) groups is 2. The molecular formula is C24H18F2N4O3. The van der Waals surface area contributed by atoms with Crippen LogP contribution in [0.25, 0.3) is 11.3 Å². The summed E-state index contributed by atoms with van der Waals surface area (Å²) in [6, 6.07) is 11.7. The maximum Gasteiger partial charge on any atom is 0.270 e. The molecule has 3 aromatic rings. The van der Waals surface area contributed by atoms with Crippen molar-refractivity contribution in [2.24, 2.45) is 0 Å². The topological polar surface area (TPSA) is 95.3 Å². The lowest BCUT2D eigenvalue weighted by atomic mass is 10.1. The van der Waals surface area contributed by atoms with Crippen molar-refractivity contribution in [3.63, 3.8) is 0 Å². The van der Waals surface area contributed by atoms with E-state index in [1.807, 2.05) is 6.07 Å². The second-order valence-corrected chi connectivity index (χ2v) is 7.51. The van der Waals surface area contributed by atoms with E-state index in [4.69, 9.17) is 10.00 Å². The fraction of sp³-hybridized carbons (Fsp3) is 0.167. The number of hydrogen-bond acceptors (Lipinski definition) is 5. The zero-order chi connectivity index (χ0) is 23.7. The molecule has 0 aliphatic carbocycles. The van der Waals surface area contributed by atoms with Crippen LogP contribution >= 0.6 is 0 Å². The first-order valence-electron chi connectivity index (χ1n) is 9.97. The molecule has 166 valence electrons. The number of nitriles is 1. The van der Waals surface area contributed by atoms with Crippen LogP contribution in [0.5, 0.6) is 5.75 Å². The zero-order valence-corrected chi connectivity index (χ0v) is 17.7. The minimum Gasteiger partial charge on any atom is -0.489 e. The summed E-state index contributed by atoms with van der Waals surface area (Å²) in [6.07, 6.45) is 0. The molecule has 2 amide bonds. The second-order valence-electron chi connectivity index (χ2n) is 7.51. The van der Waals surface area contributed by atoms with E-state index in [1.54, 1.807) is 25.1 Å². The van der Waals surface area contributed by atoms with Gasteiger partial charge in [-0.1, -0.05) is 6.07 Å². The molecule has 1 aromatic heterocycles. The fourth-order valence-electron chi connectivity index (χ4n) is 3.52. The monoisotopic (exact) mass is 448 g/mol. The Morgan fingerprint density at radius 1 is 1.21 bits per heavy atom. The van der Waals surface area contributed by atoms with Crippen LogP contribution in [0.1, 0.15) is 21.6 Å². The van der Waals surface area contributed by atoms with Crippen LogP contribution in [0.3, 0.4) is 0 Å². The molecule has 9 heteroatoms. The number of halogens is 2. The highest BCUT2D eigenvalue weighted by Gasteiger charge is 2.31. The van der Waals surface area contributed by atoms with Crippen molar-refractivity contribution in [1.29, 1.82) is 5.26 Å². The number of aromatic nitrogens is 1. The van der Waals surface area contributed by atoms with E-state index < -0.39 is 29.5 Å². The van der Waals surface area contributed by atoms with Crippen molar-refractivity contribution < 1.29 is 23.1 Å². The van der Waals surface area contributed by atoms with Crippen LogP contribution in [0.4, 0.5) is 14.5 Å². The van der Waals surface area contributed by atoms with Gasteiger partial charge in [-0.05, 0) is 48.9 Å². The number of aryl methyl sites for hydroxylation is 1. The molecule has 4 rings (SSSR count). The van der Waals surface area contributed by atoms with E-state index in [0.29, 0.717) is 22.6 Å². The van der Waals surface area contributed by atoms with Crippen LogP contribution in [0.15, 0.2) is 48.5 Å². The number of fused-ring (bicyclic) bond motifs is 1. The van der Waals surface area contributed by atoms with Crippen molar-refractivity contribution in [3.05, 3.63) is 77.0 Å². The van der Waals surface area contributed by atoms with Crippen LogP contribution in [0.2, 0.25) is 0 Å². The number of amides is 2. The first-order valence-corrected chi connectivity index (χ1v) is 9.97. The number of ether oxygens (including phenoxy) is 1. The molecule has 7 nitrogen and oxygen atoms in total. The van der Waals surface area contributed by atoms with Gasteiger partial charge >= 0.3 is 0 Å². The smallest absolute Gasteiger partial charge is 0.270 e. The van der Waals surface area contributed by atoms with Crippen molar-refractivity contribution in [3.8, 4) is 23.1 Å². The summed E-state index contributed by atoms with van der Waals surface area (Å²) >= 11 is 0. The number of likely N-dealkylation sites (N-methyl/N-ethyl adjacent to an activating group) is 1. The number of rotatable bonds is 3. The Morgan fingerprint density at radius 2 is 2.00 bits per heavy atom. The number of nitrogens with one attached hydrogen (secondary N) is 1. The maximum absolute atomic E-state index is 14.3. The Kier molecular flexibility index (Phi) is 5.75. The third-order valence-corrected chi connectivity index (χ3v) is 5.30. The van der Waals surface area contributed by atoms with Gasteiger partial charge in [0.15, 0.2) is 0 Å². The summed E-state index contributed by atoms with van der Waals surface area (Å²) in [6.45, 7) is 1.51. The largest absolute Gasteiger partial charge is 0.489 e. The average molecular weight is 448 g/mol. The molecule has 2 heterocycles. The highest BCUT2D eigenvalue weighted by Crippen LogP contribution is 2.31. The van der Waals surface area contributed by atoms with Gasteiger partial charge in [0.25, 0.3) is 11.8 Å². The van der Waals surface area contributed by atoms with Gasteiger partial charge < -0.3 is 15.0 Å². The standard InChI is InChI=1S/C24H18F2N4O3/c1-13-3-7-18(28-22(13)16-10-15(25)5-6-17(16)26)23(31)29-19-12-33-21-9-14(11-27)4-8-20(21)30(2)24(19)32/h3-10,19H,12H2,1-2H3,(H,29,31). The Morgan fingerprint density at radius 3 is 2.76 bits per heavy atom. The van der Waals surface area contributed by atoms with Gasteiger partial charge in [-0.2, -0.15) is 5.26 Å². The van der Waals surface area contributed by atoms with E-state index in [-0.39, 0.29) is 23.6 Å². The number of nitrogens with zero attached hydrogens (tertiary/aromatic N) is 3. The molecule has 2 aromatic carbocycles. The third kappa shape index (κ3) is 4.23. The molecule has 0 saturated heterocycles. The van der Waals surface area contributed by atoms with Crippen molar-refractivity contribution >= 4 is 17.5 Å². The predicted octanol–water partition coefficient (Wildman–Crippen LogP) is 3.36. The van der Waals surface area contributed by atoms with Gasteiger partial charge in [0.2, 0.25) is 0 Å². The van der Waals surface area contributed by atoms with Crippen molar-refractivity contribution in [2.45, 2.75) is 13.0 Å². The zero-order valence-electron chi connectivity index (χ0n) is 17.7. The summed E-state index contributed by atoms with van der Waals surface area (Å²) in [5, 5.41) is 11.7. The Hall–Kier alpha value is -4.32. The van der Waals surface area contributed by atoms with E-state index in [9.17, 15) is 18.4 Å². The lowest BCUT2D eigenvalue weighted by Gasteiger charge is -2.20. The summed E-state index contributed by atoms with van der Waals surface area (Å²) in [7, 11) is 1.54. The van der Waals surface area contributed by atoms with Crippen LogP contribution in [0, 0.1) is 29.9 Å². The molecular weight excluding hydrogens is 430 g/mol. The summed E-state index contributed by atoms with van der Waals surface area (Å²) in [4.78, 5) is 31.4. The average Bonchev–Trinajstić information content (AvgIpc) is 2.92. The van der Waals surface area contributed by atoms with E-state index in [1.165, 1.54) is 24.1 Å². The summed E-state index contributed by atoms with van der Waals surface area (Å²) in [5.74, 6) is -2.06. The van der Waals surface area contributed by atoms with Gasteiger partial charge in [-0.25, -0.2) is 13.8 Å². The third-order valence-electron chi connectivity index (χ3n) is 5.30. The number of pyridine rings is 1. The lowest BCUT2D eigenvalue weighted by molar-refractivity contribution is -0.120. The minimum atomic E-state index is -1.03. The number of hydrogen-bond donors (Lipinski definition) is 1. The van der Waals surface area contributed by atoms with E-state index in [2.05, 4.69) is 10.3 Å². The van der Waals surface area contributed by atoms with Crippen LogP contribution < -0.4 is 15.0 Å². The van der Waals surface area contributed by atoms with E-state index >= 15 is 0 Å². The molecule has 1 aliphatic rings. The first-order chi connectivity index (χ1) is 15.8. The first kappa shape index (κ1) is 21.9. The number of anilines is 1. The van der Waals surface area contributed by atoms with Crippen LogP contribution in [-0.2, 0) is 4.79 Å². The van der Waals surface area contributed by atoms with Gasteiger partial charge in [-0.15, -0.1) is 0 Å². The predicted molar refractivity (Wildman–Crippen MR) is 116 cm³/mol. The Balaban J connectivity index is 1.59. The highest BCUT2D eigenvalue weighted by atomic mass is 19.1. The van der Waals surface area contributed by atoms with Crippen molar-refractivity contribution in [1.82, 2.24) is 10.3 Å². The molecule has 0 radical (unpaired) electrons. The Bertz CT molecular complexity index is 1320. The van der Waals surface area contributed by atoms with Gasteiger partial charge in [-0.3, -0.25) is 9.59 Å². The molecule has 33 heavy (non-hydrogen) atoms. The SMILES string of the molecule is Cc1ccc(C(=O)NC2COc3cc(C#N)ccc3N(C)C2=O)nc1-c1cc(F)ccc1F. The second kappa shape index (κ2) is 8.67. The van der Waals surface area contributed by atoms with Gasteiger partial charge in [0.1, 0.15) is 35.7 Å². The van der Waals surface area contributed by atoms with Crippen LogP contribution in [-0.4, -0.2) is 36.5 Å². The summed E-state index contributed by atoms with van der Waals surface area (Å²) < 4.78 is 33.6. The molecule has 0 bridgehead atoms. The molecule has 1 N–H and O–H groups in total. The van der Waals surface area contributed by atoms with Gasteiger partial charge in [0, 0.05) is 18.7 Å². The normalized spacial score (nSPS) is 15.2. The molecule has 1 unspecified atom stereocenters. The molecule has 0 fully saturated rings. The van der Waals surface area contributed by atoms with E-state index in [0.717, 1.165) is 18.2 Å². The van der Waals surface area contributed by atoms with Crippen molar-refractivity contribution in [2.75, 3.05) is 18.6 Å². The number of carbonyl (C=O) groups excluding carboxylic acids is 2. The quantitative estimate of drug-likeness (QED) is 0.663. The summed E-state index contributed by atoms with van der Waals surface area (Å²) in [5.41, 5.74) is 1.37. The maximum atomic E-state index is 14.3. The molecule has 0 saturated carbocycles. The highest BCUT2D eigenvalue weighted by molar-refractivity contribution is 6.03. The molecule has 1 atom stereocenters. The molecule has 1 aliphatic heterocycles. The number of benzene rings is 2.